The number of imidazole rings is 1. The van der Waals surface area contributed by atoms with Crippen molar-refractivity contribution in [3.63, 3.8) is 0 Å². The topological polar surface area (TPSA) is 33.1 Å². The Hall–Kier alpha value is -0.870. The summed E-state index contributed by atoms with van der Waals surface area (Å²) >= 11 is 0. The van der Waals surface area contributed by atoms with Crippen LogP contribution < -0.4 is 5.32 Å². The summed E-state index contributed by atoms with van der Waals surface area (Å²) in [6.45, 7) is 6.34. The second-order valence-corrected chi connectivity index (χ2v) is 3.86. The molecule has 78 valence electrons. The first kappa shape index (κ1) is 9.68. The fraction of sp³-hybridized carbons (Fsp3) is 0.700. The van der Waals surface area contributed by atoms with Crippen LogP contribution in [0, 0.1) is 0 Å². The van der Waals surface area contributed by atoms with E-state index in [1.54, 1.807) is 0 Å². The number of aromatic nitrogens is 2. The normalized spacial score (nSPS) is 17.4. The number of likely N-dealkylation sites (N-methyl/N-ethyl adjacent to an activating group) is 1. The molecule has 1 fully saturated rings. The van der Waals surface area contributed by atoms with Gasteiger partial charge in [-0.25, -0.2) is 4.98 Å². The second-order valence-electron chi connectivity index (χ2n) is 3.86. The van der Waals surface area contributed by atoms with Crippen LogP contribution in [0.3, 0.4) is 0 Å². The molecule has 14 heavy (non-hydrogen) atoms. The highest BCUT2D eigenvalue weighted by molar-refractivity contribution is 4.94. The number of nitrogens with one attached hydrogen (secondary N) is 1. The molecule has 0 atom stereocenters. The molecule has 1 saturated heterocycles. The summed E-state index contributed by atoms with van der Waals surface area (Å²) in [5.74, 6) is 1.17. The quantitative estimate of drug-likeness (QED) is 0.748. The van der Waals surface area contributed by atoms with E-state index in [0.717, 1.165) is 26.2 Å². The van der Waals surface area contributed by atoms with Gasteiger partial charge < -0.3 is 9.88 Å². The van der Waals surface area contributed by atoms with E-state index in [2.05, 4.69) is 33.7 Å². The summed E-state index contributed by atoms with van der Waals surface area (Å²) in [5, 5.41) is 3.28. The largest absolute Gasteiger partial charge is 0.334 e. The van der Waals surface area contributed by atoms with E-state index < -0.39 is 0 Å². The molecule has 0 amide bonds. The lowest BCUT2D eigenvalue weighted by molar-refractivity contribution is 0.167. The predicted octanol–water partition coefficient (Wildman–Crippen LogP) is 0.307. The molecule has 0 spiro atoms. The smallest absolute Gasteiger partial charge is 0.122 e. The van der Waals surface area contributed by atoms with Crippen molar-refractivity contribution in [2.45, 2.75) is 26.1 Å². The van der Waals surface area contributed by atoms with Crippen LogP contribution in [0.25, 0.3) is 0 Å². The van der Waals surface area contributed by atoms with E-state index in [1.807, 2.05) is 12.4 Å². The van der Waals surface area contributed by atoms with Crippen LogP contribution >= 0.6 is 0 Å². The Bertz CT molecular complexity index is 290. The van der Waals surface area contributed by atoms with Crippen LogP contribution in [0.15, 0.2) is 12.4 Å². The van der Waals surface area contributed by atoms with Crippen LogP contribution in [0.1, 0.15) is 12.7 Å². The van der Waals surface area contributed by atoms with E-state index in [-0.39, 0.29) is 0 Å². The van der Waals surface area contributed by atoms with Gasteiger partial charge in [-0.15, -0.1) is 0 Å². The minimum atomic E-state index is 0.692. The third-order valence-corrected chi connectivity index (χ3v) is 2.92. The third-order valence-electron chi connectivity index (χ3n) is 2.92. The van der Waals surface area contributed by atoms with Gasteiger partial charge in [0.1, 0.15) is 5.82 Å². The fourth-order valence-corrected chi connectivity index (χ4v) is 1.72. The van der Waals surface area contributed by atoms with Crippen molar-refractivity contribution >= 4 is 0 Å². The van der Waals surface area contributed by atoms with Crippen LogP contribution in [0.5, 0.6) is 0 Å². The highest BCUT2D eigenvalue weighted by Gasteiger charge is 2.22. The molecule has 0 radical (unpaired) electrons. The van der Waals surface area contributed by atoms with Gasteiger partial charge >= 0.3 is 0 Å². The Balaban J connectivity index is 1.95. The van der Waals surface area contributed by atoms with Gasteiger partial charge in [-0.1, -0.05) is 0 Å². The highest BCUT2D eigenvalue weighted by Crippen LogP contribution is 2.07. The minimum absolute atomic E-state index is 0.692. The monoisotopic (exact) mass is 194 g/mol. The van der Waals surface area contributed by atoms with Gasteiger partial charge in [-0.3, -0.25) is 4.90 Å². The minimum Gasteiger partial charge on any atom is -0.334 e. The summed E-state index contributed by atoms with van der Waals surface area (Å²) < 4.78 is 2.20. The number of hydrogen-bond donors (Lipinski definition) is 1. The van der Waals surface area contributed by atoms with Crippen LogP contribution in [0.4, 0.5) is 0 Å². The SMILES string of the molecule is CCn1ccnc1CN(C)C1CNC1. The van der Waals surface area contributed by atoms with E-state index in [0.29, 0.717) is 6.04 Å². The molecule has 1 aromatic rings. The molecule has 1 aromatic heterocycles. The van der Waals surface area contributed by atoms with Gasteiger partial charge in [0.25, 0.3) is 0 Å². The summed E-state index contributed by atoms with van der Waals surface area (Å²) in [4.78, 5) is 6.73. The third kappa shape index (κ3) is 1.81. The Morgan fingerprint density at radius 1 is 1.64 bits per heavy atom. The summed E-state index contributed by atoms with van der Waals surface area (Å²) in [6.07, 6.45) is 3.92. The van der Waals surface area contributed by atoms with Gasteiger partial charge in [0.2, 0.25) is 0 Å². The molecule has 1 aliphatic heterocycles. The first-order valence-electron chi connectivity index (χ1n) is 5.22. The first-order valence-corrected chi connectivity index (χ1v) is 5.22. The standard InChI is InChI=1S/C10H18N4/c1-3-14-5-4-12-10(14)8-13(2)9-6-11-7-9/h4-5,9,11H,3,6-8H2,1-2H3. The van der Waals surface area contributed by atoms with Gasteiger partial charge in [0.05, 0.1) is 6.54 Å². The molecule has 4 heteroatoms. The molecule has 4 nitrogen and oxygen atoms in total. The van der Waals surface area contributed by atoms with Crippen LogP contribution in [0.2, 0.25) is 0 Å². The number of aryl methyl sites for hydroxylation is 1. The van der Waals surface area contributed by atoms with E-state index in [9.17, 15) is 0 Å². The number of hydrogen-bond acceptors (Lipinski definition) is 3. The average molecular weight is 194 g/mol. The Labute approximate surface area is 84.9 Å². The molecule has 0 aromatic carbocycles. The summed E-state index contributed by atoms with van der Waals surface area (Å²) in [7, 11) is 2.17. The van der Waals surface area contributed by atoms with Crippen molar-refractivity contribution in [2.24, 2.45) is 0 Å². The molecule has 2 rings (SSSR count). The van der Waals surface area contributed by atoms with Gasteiger partial charge in [-0.2, -0.15) is 0 Å². The maximum absolute atomic E-state index is 4.37. The summed E-state index contributed by atoms with van der Waals surface area (Å²) in [5.41, 5.74) is 0. The van der Waals surface area contributed by atoms with Crippen molar-refractivity contribution in [1.29, 1.82) is 0 Å². The van der Waals surface area contributed by atoms with Crippen LogP contribution in [-0.4, -0.2) is 40.6 Å². The molecule has 1 aliphatic rings. The van der Waals surface area contributed by atoms with Gasteiger partial charge in [0.15, 0.2) is 0 Å². The Morgan fingerprint density at radius 3 is 3.00 bits per heavy atom. The highest BCUT2D eigenvalue weighted by atomic mass is 15.2. The average Bonchev–Trinajstić information content (AvgIpc) is 2.48. The van der Waals surface area contributed by atoms with Gasteiger partial charge in [0, 0.05) is 38.1 Å². The number of rotatable bonds is 4. The summed E-state index contributed by atoms with van der Waals surface area (Å²) in [6, 6.07) is 0.692. The van der Waals surface area contributed by atoms with E-state index in [4.69, 9.17) is 0 Å². The second kappa shape index (κ2) is 4.11. The maximum atomic E-state index is 4.37. The Kier molecular flexibility index (Phi) is 2.84. The predicted molar refractivity (Wildman–Crippen MR) is 56.0 cm³/mol. The zero-order valence-electron chi connectivity index (χ0n) is 8.90. The molecule has 1 N–H and O–H groups in total. The molecule has 0 bridgehead atoms. The van der Waals surface area contributed by atoms with Crippen molar-refractivity contribution in [3.05, 3.63) is 18.2 Å². The van der Waals surface area contributed by atoms with E-state index in [1.165, 1.54) is 5.82 Å². The molecule has 0 unspecified atom stereocenters. The first-order chi connectivity index (χ1) is 6.81. The van der Waals surface area contributed by atoms with Crippen molar-refractivity contribution in [3.8, 4) is 0 Å². The zero-order valence-corrected chi connectivity index (χ0v) is 8.90. The van der Waals surface area contributed by atoms with Crippen molar-refractivity contribution in [2.75, 3.05) is 20.1 Å². The zero-order chi connectivity index (χ0) is 9.97. The van der Waals surface area contributed by atoms with E-state index >= 15 is 0 Å². The molecular formula is C10H18N4. The van der Waals surface area contributed by atoms with Gasteiger partial charge in [-0.05, 0) is 14.0 Å². The molecule has 0 aliphatic carbocycles. The molecular weight excluding hydrogens is 176 g/mol. The lowest BCUT2D eigenvalue weighted by Gasteiger charge is -2.35. The van der Waals surface area contributed by atoms with Crippen molar-refractivity contribution < 1.29 is 0 Å². The number of nitrogens with zero attached hydrogens (tertiary/aromatic N) is 3. The lowest BCUT2D eigenvalue weighted by Crippen LogP contribution is -2.55. The Morgan fingerprint density at radius 2 is 2.43 bits per heavy atom. The lowest BCUT2D eigenvalue weighted by atomic mass is 10.1. The van der Waals surface area contributed by atoms with Crippen molar-refractivity contribution in [1.82, 2.24) is 19.8 Å². The fourth-order valence-electron chi connectivity index (χ4n) is 1.72. The molecule has 2 heterocycles. The maximum Gasteiger partial charge on any atom is 0.122 e. The molecule has 0 saturated carbocycles. The van der Waals surface area contributed by atoms with Crippen LogP contribution in [-0.2, 0) is 13.1 Å².